The molecule has 1 aromatic carbocycles. The summed E-state index contributed by atoms with van der Waals surface area (Å²) >= 11 is 0. The Morgan fingerprint density at radius 1 is 1.50 bits per heavy atom. The third-order valence-corrected chi connectivity index (χ3v) is 4.37. The number of nitrogens with zero attached hydrogens (tertiary/aromatic N) is 2. The van der Waals surface area contributed by atoms with E-state index in [2.05, 4.69) is 5.92 Å². The first-order chi connectivity index (χ1) is 8.47. The fraction of sp³-hybridized carbons (Fsp3) is 0.250. The SMILES string of the molecule is C#CCN(CC)S(=O)(=O)c1ccc(C#N)cc1N. The predicted octanol–water partition coefficient (Wildman–Crippen LogP) is 0.784. The summed E-state index contributed by atoms with van der Waals surface area (Å²) < 4.78 is 25.6. The van der Waals surface area contributed by atoms with Crippen LogP contribution in [0.25, 0.3) is 0 Å². The van der Waals surface area contributed by atoms with Gasteiger partial charge in [-0.15, -0.1) is 6.42 Å². The first-order valence-electron chi connectivity index (χ1n) is 5.20. The van der Waals surface area contributed by atoms with Crippen molar-refractivity contribution >= 4 is 15.7 Å². The highest BCUT2D eigenvalue weighted by Crippen LogP contribution is 2.23. The summed E-state index contributed by atoms with van der Waals surface area (Å²) in [5.74, 6) is 2.29. The first-order valence-corrected chi connectivity index (χ1v) is 6.64. The van der Waals surface area contributed by atoms with E-state index < -0.39 is 10.0 Å². The van der Waals surface area contributed by atoms with Crippen molar-refractivity contribution in [2.24, 2.45) is 0 Å². The van der Waals surface area contributed by atoms with Gasteiger partial charge in [-0.1, -0.05) is 12.8 Å². The molecule has 1 aromatic rings. The molecule has 0 fully saturated rings. The minimum atomic E-state index is -3.71. The van der Waals surface area contributed by atoms with Crippen molar-refractivity contribution in [3.8, 4) is 18.4 Å². The van der Waals surface area contributed by atoms with Crippen molar-refractivity contribution in [1.29, 1.82) is 5.26 Å². The van der Waals surface area contributed by atoms with Gasteiger partial charge >= 0.3 is 0 Å². The molecule has 0 saturated heterocycles. The maximum absolute atomic E-state index is 12.2. The van der Waals surface area contributed by atoms with Crippen molar-refractivity contribution in [1.82, 2.24) is 4.31 Å². The summed E-state index contributed by atoms with van der Waals surface area (Å²) in [7, 11) is -3.71. The summed E-state index contributed by atoms with van der Waals surface area (Å²) in [5.41, 5.74) is 6.02. The number of hydrogen-bond acceptors (Lipinski definition) is 4. The zero-order valence-corrected chi connectivity index (χ0v) is 10.7. The van der Waals surface area contributed by atoms with Gasteiger partial charge in [0.15, 0.2) is 0 Å². The highest BCUT2D eigenvalue weighted by molar-refractivity contribution is 7.89. The van der Waals surface area contributed by atoms with Crippen molar-refractivity contribution in [2.45, 2.75) is 11.8 Å². The molecule has 0 aliphatic carbocycles. The zero-order chi connectivity index (χ0) is 13.8. The average molecular weight is 263 g/mol. The number of hydrogen-bond donors (Lipinski definition) is 1. The second kappa shape index (κ2) is 5.54. The molecule has 0 heterocycles. The number of benzene rings is 1. The predicted molar refractivity (Wildman–Crippen MR) is 68.8 cm³/mol. The Morgan fingerprint density at radius 2 is 2.17 bits per heavy atom. The van der Waals surface area contributed by atoms with E-state index in [1.54, 1.807) is 6.92 Å². The van der Waals surface area contributed by atoms with E-state index in [0.717, 1.165) is 4.31 Å². The normalized spacial score (nSPS) is 10.9. The lowest BCUT2D eigenvalue weighted by Crippen LogP contribution is -2.31. The molecule has 94 valence electrons. The Balaban J connectivity index is 3.30. The van der Waals surface area contributed by atoms with Crippen molar-refractivity contribution in [3.63, 3.8) is 0 Å². The monoisotopic (exact) mass is 263 g/mol. The van der Waals surface area contributed by atoms with Crippen LogP contribution in [0.1, 0.15) is 12.5 Å². The van der Waals surface area contributed by atoms with Gasteiger partial charge in [0, 0.05) is 6.54 Å². The number of nitrogens with two attached hydrogens (primary N) is 1. The van der Waals surface area contributed by atoms with E-state index in [9.17, 15) is 8.42 Å². The Hall–Kier alpha value is -2.02. The molecule has 0 spiro atoms. The third kappa shape index (κ3) is 2.62. The maximum atomic E-state index is 12.2. The van der Waals surface area contributed by atoms with Gasteiger partial charge < -0.3 is 5.73 Å². The van der Waals surface area contributed by atoms with Gasteiger partial charge in [-0.3, -0.25) is 0 Å². The van der Waals surface area contributed by atoms with E-state index in [4.69, 9.17) is 17.4 Å². The second-order valence-electron chi connectivity index (χ2n) is 3.50. The molecule has 0 bridgehead atoms. The molecule has 18 heavy (non-hydrogen) atoms. The molecule has 2 N–H and O–H groups in total. The van der Waals surface area contributed by atoms with Crippen LogP contribution in [0.2, 0.25) is 0 Å². The molecule has 0 aromatic heterocycles. The largest absolute Gasteiger partial charge is 0.398 e. The van der Waals surface area contributed by atoms with Crippen LogP contribution in [0.3, 0.4) is 0 Å². The Morgan fingerprint density at radius 3 is 2.61 bits per heavy atom. The molecule has 0 atom stereocenters. The molecule has 0 radical (unpaired) electrons. The van der Waals surface area contributed by atoms with E-state index in [1.165, 1.54) is 18.2 Å². The molecule has 0 saturated carbocycles. The maximum Gasteiger partial charge on any atom is 0.245 e. The average Bonchev–Trinajstić information content (AvgIpc) is 2.35. The zero-order valence-electron chi connectivity index (χ0n) is 9.92. The van der Waals surface area contributed by atoms with Crippen molar-refractivity contribution in [2.75, 3.05) is 18.8 Å². The van der Waals surface area contributed by atoms with Gasteiger partial charge in [-0.05, 0) is 18.2 Å². The number of anilines is 1. The van der Waals surface area contributed by atoms with Crippen molar-refractivity contribution in [3.05, 3.63) is 23.8 Å². The molecule has 6 heteroatoms. The van der Waals surface area contributed by atoms with Gasteiger partial charge in [-0.25, -0.2) is 8.42 Å². The molecule has 0 aliphatic rings. The quantitative estimate of drug-likeness (QED) is 0.642. The lowest BCUT2D eigenvalue weighted by atomic mass is 10.2. The molecular weight excluding hydrogens is 250 g/mol. The van der Waals surface area contributed by atoms with Gasteiger partial charge in [0.25, 0.3) is 0 Å². The first kappa shape index (κ1) is 14.0. The van der Waals surface area contributed by atoms with Crippen LogP contribution in [0.5, 0.6) is 0 Å². The van der Waals surface area contributed by atoms with Gasteiger partial charge in [0.2, 0.25) is 10.0 Å². The molecule has 1 rings (SSSR count). The topological polar surface area (TPSA) is 87.2 Å². The number of rotatable bonds is 4. The number of nitrogen functional groups attached to an aromatic ring is 1. The summed E-state index contributed by atoms with van der Waals surface area (Å²) in [4.78, 5) is -0.0291. The van der Waals surface area contributed by atoms with Crippen molar-refractivity contribution < 1.29 is 8.42 Å². The number of nitriles is 1. The second-order valence-corrected chi connectivity index (χ2v) is 5.41. The van der Waals surface area contributed by atoms with Gasteiger partial charge in [0.05, 0.1) is 23.9 Å². The highest BCUT2D eigenvalue weighted by Gasteiger charge is 2.24. The minimum absolute atomic E-state index is 0.0156. The lowest BCUT2D eigenvalue weighted by Gasteiger charge is -2.18. The minimum Gasteiger partial charge on any atom is -0.398 e. The van der Waals surface area contributed by atoms with E-state index >= 15 is 0 Å². The van der Waals surface area contributed by atoms with Crippen LogP contribution in [0, 0.1) is 23.7 Å². The summed E-state index contributed by atoms with van der Waals surface area (Å²) in [6.07, 6.45) is 5.13. The number of terminal acetylenes is 1. The highest BCUT2D eigenvalue weighted by atomic mass is 32.2. The van der Waals surface area contributed by atoms with Crippen LogP contribution in [0.15, 0.2) is 23.1 Å². The van der Waals surface area contributed by atoms with Crippen LogP contribution in [-0.4, -0.2) is 25.8 Å². The molecule has 5 nitrogen and oxygen atoms in total. The van der Waals surface area contributed by atoms with E-state index in [1.807, 2.05) is 6.07 Å². The van der Waals surface area contributed by atoms with Gasteiger partial charge in [0.1, 0.15) is 4.90 Å². The lowest BCUT2D eigenvalue weighted by molar-refractivity contribution is 0.464. The Labute approximate surface area is 107 Å². The number of sulfonamides is 1. The standard InChI is InChI=1S/C12H13N3O2S/c1-3-7-15(4-2)18(16,17)12-6-5-10(9-13)8-11(12)14/h1,5-6,8H,4,7,14H2,2H3. The molecular formula is C12H13N3O2S. The molecule has 0 amide bonds. The smallest absolute Gasteiger partial charge is 0.245 e. The van der Waals surface area contributed by atoms with Crippen LogP contribution < -0.4 is 5.73 Å². The molecule has 0 unspecified atom stereocenters. The molecule has 0 aliphatic heterocycles. The Kier molecular flexibility index (Phi) is 4.33. The van der Waals surface area contributed by atoms with Gasteiger partial charge in [-0.2, -0.15) is 9.57 Å². The van der Waals surface area contributed by atoms with Crippen LogP contribution >= 0.6 is 0 Å². The third-order valence-electron chi connectivity index (χ3n) is 2.38. The summed E-state index contributed by atoms with van der Waals surface area (Å²) in [6, 6.07) is 5.96. The van der Waals surface area contributed by atoms with E-state index in [0.29, 0.717) is 5.56 Å². The fourth-order valence-corrected chi connectivity index (χ4v) is 2.92. The van der Waals surface area contributed by atoms with Crippen LogP contribution in [-0.2, 0) is 10.0 Å². The fourth-order valence-electron chi connectivity index (χ4n) is 1.46. The summed E-state index contributed by atoms with van der Waals surface area (Å²) in [5, 5.41) is 8.70. The Bertz CT molecular complexity index is 624. The summed E-state index contributed by atoms with van der Waals surface area (Å²) in [6.45, 7) is 1.93. The van der Waals surface area contributed by atoms with E-state index in [-0.39, 0.29) is 23.7 Å². The van der Waals surface area contributed by atoms with Crippen LogP contribution in [0.4, 0.5) is 5.69 Å².